The molecule has 0 aromatic heterocycles. The van der Waals surface area contributed by atoms with Crippen LogP contribution < -0.4 is 0 Å². The van der Waals surface area contributed by atoms with Gasteiger partial charge in [-0.1, -0.05) is 18.2 Å². The molecule has 0 amide bonds. The van der Waals surface area contributed by atoms with Gasteiger partial charge in [-0.15, -0.1) is 0 Å². The van der Waals surface area contributed by atoms with Gasteiger partial charge in [-0.3, -0.25) is 4.79 Å². The average molecular weight is 280 g/mol. The van der Waals surface area contributed by atoms with Crippen LogP contribution in [0.5, 0.6) is 0 Å². The van der Waals surface area contributed by atoms with E-state index in [4.69, 9.17) is 9.84 Å². The van der Waals surface area contributed by atoms with Crippen LogP contribution in [0.15, 0.2) is 30.3 Å². The van der Waals surface area contributed by atoms with Crippen LogP contribution in [0.4, 0.5) is 0 Å². The van der Waals surface area contributed by atoms with Crippen molar-refractivity contribution in [2.24, 2.45) is 0 Å². The third-order valence-electron chi connectivity index (χ3n) is 2.77. The van der Waals surface area contributed by atoms with E-state index in [9.17, 15) is 19.5 Å². The maximum atomic E-state index is 11.8. The Morgan fingerprint density at radius 2 is 1.95 bits per heavy atom. The fraction of sp³-hybridized carbons (Fsp3) is 0.308. The SMILES string of the molecule is O=C(OC1C(=O)O[C@H]([C@@H](O)CO)C1=O)c1ccccc1. The first-order valence-electron chi connectivity index (χ1n) is 5.83. The smallest absolute Gasteiger partial charge is 0.356 e. The summed E-state index contributed by atoms with van der Waals surface area (Å²) in [4.78, 5) is 35.0. The monoisotopic (exact) mass is 280 g/mol. The molecule has 1 heterocycles. The highest BCUT2D eigenvalue weighted by Gasteiger charge is 2.49. The van der Waals surface area contributed by atoms with Crippen LogP contribution in [-0.2, 0) is 19.1 Å². The molecule has 1 aromatic carbocycles. The molecule has 106 valence electrons. The number of ketones is 1. The van der Waals surface area contributed by atoms with Crippen molar-refractivity contribution in [3.63, 3.8) is 0 Å². The number of rotatable bonds is 4. The van der Waals surface area contributed by atoms with E-state index < -0.39 is 42.6 Å². The first kappa shape index (κ1) is 14.2. The van der Waals surface area contributed by atoms with Gasteiger partial charge in [0.25, 0.3) is 6.10 Å². The van der Waals surface area contributed by atoms with Crippen molar-refractivity contribution in [1.29, 1.82) is 0 Å². The molecule has 0 spiro atoms. The first-order chi connectivity index (χ1) is 9.54. The predicted octanol–water partition coefficient (Wildman–Crippen LogP) is -0.940. The highest BCUT2D eigenvalue weighted by atomic mass is 16.6. The summed E-state index contributed by atoms with van der Waals surface area (Å²) in [5.41, 5.74) is 0.180. The molecule has 1 fully saturated rings. The molecular formula is C13H12O7. The second-order valence-corrected chi connectivity index (χ2v) is 4.16. The Hall–Kier alpha value is -2.25. The number of benzene rings is 1. The standard InChI is InChI=1S/C13H12O7/c14-6-8(15)10-9(16)11(13(18)19-10)20-12(17)7-4-2-1-3-5-7/h1-5,8,10-11,14-15H,6H2/t8-,10+,11?/m0/s1. The maximum absolute atomic E-state index is 11.8. The molecule has 0 aliphatic carbocycles. The van der Waals surface area contributed by atoms with Gasteiger partial charge in [0.1, 0.15) is 6.10 Å². The lowest BCUT2D eigenvalue weighted by atomic mass is 10.1. The molecule has 7 heteroatoms. The number of hydrogen-bond acceptors (Lipinski definition) is 7. The number of esters is 2. The van der Waals surface area contributed by atoms with Crippen LogP contribution in [-0.4, -0.2) is 52.9 Å². The van der Waals surface area contributed by atoms with Gasteiger partial charge in [-0.2, -0.15) is 0 Å². The number of aliphatic hydroxyl groups is 2. The summed E-state index contributed by atoms with van der Waals surface area (Å²) in [5, 5.41) is 18.1. The fourth-order valence-corrected chi connectivity index (χ4v) is 1.73. The second kappa shape index (κ2) is 5.81. The molecule has 1 unspecified atom stereocenters. The minimum atomic E-state index is -1.71. The normalized spacial score (nSPS) is 23.3. The molecule has 2 rings (SSSR count). The van der Waals surface area contributed by atoms with Crippen molar-refractivity contribution in [1.82, 2.24) is 0 Å². The Bertz CT molecular complexity index is 525. The highest BCUT2D eigenvalue weighted by Crippen LogP contribution is 2.18. The lowest BCUT2D eigenvalue weighted by molar-refractivity contribution is -0.151. The Morgan fingerprint density at radius 1 is 1.30 bits per heavy atom. The number of hydrogen-bond donors (Lipinski definition) is 2. The third kappa shape index (κ3) is 2.68. The first-order valence-corrected chi connectivity index (χ1v) is 5.83. The van der Waals surface area contributed by atoms with Crippen molar-refractivity contribution in [2.75, 3.05) is 6.61 Å². The zero-order chi connectivity index (χ0) is 14.7. The number of carbonyl (C=O) groups excluding carboxylic acids is 3. The van der Waals surface area contributed by atoms with Crippen molar-refractivity contribution >= 4 is 17.7 Å². The minimum absolute atomic E-state index is 0.180. The van der Waals surface area contributed by atoms with Gasteiger partial charge in [0.2, 0.25) is 5.78 Å². The van der Waals surface area contributed by atoms with Gasteiger partial charge in [-0.05, 0) is 12.1 Å². The van der Waals surface area contributed by atoms with Gasteiger partial charge in [-0.25, -0.2) is 9.59 Å². The van der Waals surface area contributed by atoms with Gasteiger partial charge in [0.05, 0.1) is 12.2 Å². The third-order valence-corrected chi connectivity index (χ3v) is 2.77. The Balaban J connectivity index is 2.08. The summed E-state index contributed by atoms with van der Waals surface area (Å²) in [6, 6.07) is 7.83. The van der Waals surface area contributed by atoms with E-state index in [-0.39, 0.29) is 5.56 Å². The molecule has 0 saturated carbocycles. The van der Waals surface area contributed by atoms with Crippen LogP contribution in [0.2, 0.25) is 0 Å². The molecule has 0 bridgehead atoms. The van der Waals surface area contributed by atoms with E-state index in [0.29, 0.717) is 0 Å². The predicted molar refractivity (Wildman–Crippen MR) is 63.6 cm³/mol. The number of aliphatic hydroxyl groups excluding tert-OH is 2. The van der Waals surface area contributed by atoms with Crippen molar-refractivity contribution in [2.45, 2.75) is 18.3 Å². The molecule has 1 aliphatic heterocycles. The van der Waals surface area contributed by atoms with E-state index in [0.717, 1.165) is 0 Å². The molecule has 3 atom stereocenters. The molecule has 1 aliphatic rings. The largest absolute Gasteiger partial charge is 0.448 e. The van der Waals surface area contributed by atoms with Crippen molar-refractivity contribution in [3.05, 3.63) is 35.9 Å². The molecule has 2 N–H and O–H groups in total. The highest BCUT2D eigenvalue weighted by molar-refractivity contribution is 6.11. The minimum Gasteiger partial charge on any atom is -0.448 e. The van der Waals surface area contributed by atoms with Crippen LogP contribution in [0.1, 0.15) is 10.4 Å². The number of carbonyl (C=O) groups is 3. The topological polar surface area (TPSA) is 110 Å². The average Bonchev–Trinajstić information content (AvgIpc) is 2.75. The summed E-state index contributed by atoms with van der Waals surface area (Å²) < 4.78 is 9.39. The van der Waals surface area contributed by atoms with E-state index in [1.807, 2.05) is 0 Å². The van der Waals surface area contributed by atoms with Crippen LogP contribution in [0, 0.1) is 0 Å². The van der Waals surface area contributed by atoms with Gasteiger partial charge in [0, 0.05) is 0 Å². The molecular weight excluding hydrogens is 268 g/mol. The van der Waals surface area contributed by atoms with E-state index in [1.54, 1.807) is 18.2 Å². The molecule has 1 saturated heterocycles. The Labute approximate surface area is 113 Å². The molecule has 0 radical (unpaired) electrons. The Kier molecular flexibility index (Phi) is 4.11. The number of Topliss-reactive ketones (excluding diaryl/α,β-unsaturated/α-hetero) is 1. The number of cyclic esters (lactones) is 1. The van der Waals surface area contributed by atoms with Gasteiger partial charge in [0.15, 0.2) is 6.10 Å². The summed E-state index contributed by atoms with van der Waals surface area (Å²) in [5.74, 6) is -2.79. The lowest BCUT2D eigenvalue weighted by Crippen LogP contribution is -2.38. The van der Waals surface area contributed by atoms with Crippen LogP contribution >= 0.6 is 0 Å². The van der Waals surface area contributed by atoms with Crippen molar-refractivity contribution < 1.29 is 34.1 Å². The van der Waals surface area contributed by atoms with E-state index >= 15 is 0 Å². The summed E-state index contributed by atoms with van der Waals surface area (Å²) in [7, 11) is 0. The summed E-state index contributed by atoms with van der Waals surface area (Å²) in [6.45, 7) is -0.747. The van der Waals surface area contributed by atoms with Gasteiger partial charge >= 0.3 is 11.9 Å². The maximum Gasteiger partial charge on any atom is 0.356 e. The zero-order valence-electron chi connectivity index (χ0n) is 10.3. The fourth-order valence-electron chi connectivity index (χ4n) is 1.73. The van der Waals surface area contributed by atoms with E-state index in [2.05, 4.69) is 4.74 Å². The summed E-state index contributed by atoms with van der Waals surface area (Å²) >= 11 is 0. The van der Waals surface area contributed by atoms with E-state index in [1.165, 1.54) is 12.1 Å². The Morgan fingerprint density at radius 3 is 2.55 bits per heavy atom. The zero-order valence-corrected chi connectivity index (χ0v) is 10.3. The molecule has 20 heavy (non-hydrogen) atoms. The quantitative estimate of drug-likeness (QED) is 0.541. The summed E-state index contributed by atoms with van der Waals surface area (Å²) in [6.07, 6.45) is -4.76. The second-order valence-electron chi connectivity index (χ2n) is 4.16. The number of ether oxygens (including phenoxy) is 2. The lowest BCUT2D eigenvalue weighted by Gasteiger charge is -2.12. The van der Waals surface area contributed by atoms with Crippen LogP contribution in [0.3, 0.4) is 0 Å². The van der Waals surface area contributed by atoms with Crippen molar-refractivity contribution in [3.8, 4) is 0 Å². The van der Waals surface area contributed by atoms with Crippen LogP contribution in [0.25, 0.3) is 0 Å². The molecule has 7 nitrogen and oxygen atoms in total. The van der Waals surface area contributed by atoms with Gasteiger partial charge < -0.3 is 19.7 Å². The molecule has 1 aromatic rings.